The minimum Gasteiger partial charge on any atom is -0.308 e. The number of rotatable bonds is 0. The van der Waals surface area contributed by atoms with Gasteiger partial charge in [-0.2, -0.15) is 0 Å². The zero-order valence-electron chi connectivity index (χ0n) is 10.4. The molecule has 4 heteroatoms. The third kappa shape index (κ3) is 1.64. The van der Waals surface area contributed by atoms with Crippen molar-refractivity contribution in [3.63, 3.8) is 0 Å². The number of hydrogen-bond donors (Lipinski definition) is 0. The fraction of sp³-hybridized carbons (Fsp3) is 0.462. The van der Waals surface area contributed by atoms with Gasteiger partial charge in [-0.1, -0.05) is 26.8 Å². The summed E-state index contributed by atoms with van der Waals surface area (Å²) in [7, 11) is 0. The summed E-state index contributed by atoms with van der Waals surface area (Å²) in [4.78, 5) is 4.44. The van der Waals surface area contributed by atoms with Gasteiger partial charge >= 0.3 is 0 Å². The summed E-state index contributed by atoms with van der Waals surface area (Å²) >= 11 is 0. The van der Waals surface area contributed by atoms with Crippen molar-refractivity contribution in [1.29, 1.82) is 0 Å². The van der Waals surface area contributed by atoms with E-state index in [-0.39, 0.29) is 5.41 Å². The van der Waals surface area contributed by atoms with Crippen LogP contribution in [0.25, 0.3) is 0 Å². The van der Waals surface area contributed by atoms with Crippen LogP contribution >= 0.6 is 0 Å². The van der Waals surface area contributed by atoms with Gasteiger partial charge in [-0.05, 0) is 11.6 Å². The maximum absolute atomic E-state index is 4.44. The standard InChI is InChI=1S/C13H16N4/c1-13(2,3)12-16-15-11-7-9-5-4-6-14-10(9)8-17(11)12/h4-6H,7-8H2,1-3H3. The molecule has 0 aromatic carbocycles. The molecule has 17 heavy (non-hydrogen) atoms. The van der Waals surface area contributed by atoms with Gasteiger partial charge in [0.1, 0.15) is 11.6 Å². The largest absolute Gasteiger partial charge is 0.308 e. The fourth-order valence-electron chi connectivity index (χ4n) is 2.28. The van der Waals surface area contributed by atoms with E-state index in [0.29, 0.717) is 0 Å². The van der Waals surface area contributed by atoms with Gasteiger partial charge in [0.25, 0.3) is 0 Å². The van der Waals surface area contributed by atoms with Crippen molar-refractivity contribution in [3.05, 3.63) is 41.2 Å². The van der Waals surface area contributed by atoms with Crippen molar-refractivity contribution in [2.45, 2.75) is 39.2 Å². The van der Waals surface area contributed by atoms with Gasteiger partial charge in [0.2, 0.25) is 0 Å². The molecule has 0 radical (unpaired) electrons. The zero-order chi connectivity index (χ0) is 12.0. The molecule has 2 aromatic rings. The molecule has 0 fully saturated rings. The average molecular weight is 228 g/mol. The first-order valence-corrected chi connectivity index (χ1v) is 5.91. The molecule has 4 nitrogen and oxygen atoms in total. The number of nitrogens with zero attached hydrogens (tertiary/aromatic N) is 4. The Bertz CT molecular complexity index is 563. The topological polar surface area (TPSA) is 43.6 Å². The molecule has 0 amide bonds. The third-order valence-corrected chi connectivity index (χ3v) is 3.14. The SMILES string of the molecule is CC(C)(C)c1nnc2n1Cc1ncccc1C2. The lowest BCUT2D eigenvalue weighted by molar-refractivity contribution is 0.499. The number of fused-ring (bicyclic) bond motifs is 2. The van der Waals surface area contributed by atoms with Crippen LogP contribution in [0.2, 0.25) is 0 Å². The highest BCUT2D eigenvalue weighted by Crippen LogP contribution is 2.26. The first-order chi connectivity index (χ1) is 8.05. The molecule has 3 rings (SSSR count). The van der Waals surface area contributed by atoms with Crippen LogP contribution in [0.4, 0.5) is 0 Å². The maximum atomic E-state index is 4.44. The second-order valence-corrected chi connectivity index (χ2v) is 5.56. The molecule has 0 atom stereocenters. The summed E-state index contributed by atoms with van der Waals surface area (Å²) in [5.74, 6) is 2.10. The summed E-state index contributed by atoms with van der Waals surface area (Å²) in [6.45, 7) is 7.29. The van der Waals surface area contributed by atoms with Gasteiger partial charge < -0.3 is 4.57 Å². The van der Waals surface area contributed by atoms with Crippen molar-refractivity contribution < 1.29 is 0 Å². The monoisotopic (exact) mass is 228 g/mol. The Labute approximate surface area is 101 Å². The smallest absolute Gasteiger partial charge is 0.138 e. The minimum absolute atomic E-state index is 0.0253. The van der Waals surface area contributed by atoms with Gasteiger partial charge in [0.05, 0.1) is 12.2 Å². The Hall–Kier alpha value is -1.71. The molecular formula is C13H16N4. The lowest BCUT2D eigenvalue weighted by Crippen LogP contribution is -2.23. The summed E-state index contributed by atoms with van der Waals surface area (Å²) in [5.41, 5.74) is 2.44. The van der Waals surface area contributed by atoms with E-state index in [1.807, 2.05) is 12.3 Å². The van der Waals surface area contributed by atoms with E-state index in [4.69, 9.17) is 0 Å². The molecule has 0 spiro atoms. The van der Waals surface area contributed by atoms with E-state index in [0.717, 1.165) is 30.3 Å². The first kappa shape index (κ1) is 10.4. The van der Waals surface area contributed by atoms with Gasteiger partial charge in [0, 0.05) is 18.0 Å². The number of hydrogen-bond acceptors (Lipinski definition) is 3. The molecule has 0 N–H and O–H groups in total. The lowest BCUT2D eigenvalue weighted by Gasteiger charge is -2.23. The third-order valence-electron chi connectivity index (χ3n) is 3.14. The summed E-state index contributed by atoms with van der Waals surface area (Å²) < 4.78 is 2.20. The molecule has 0 bridgehead atoms. The molecule has 0 aliphatic carbocycles. The molecule has 2 aromatic heterocycles. The van der Waals surface area contributed by atoms with Gasteiger partial charge in [-0.25, -0.2) is 0 Å². The van der Waals surface area contributed by atoms with Gasteiger partial charge in [-0.15, -0.1) is 10.2 Å². The number of pyridine rings is 1. The van der Waals surface area contributed by atoms with Crippen LogP contribution in [0.3, 0.4) is 0 Å². The normalized spacial score (nSPS) is 14.3. The van der Waals surface area contributed by atoms with Crippen LogP contribution in [0.5, 0.6) is 0 Å². The van der Waals surface area contributed by atoms with E-state index in [2.05, 4.69) is 46.6 Å². The summed E-state index contributed by atoms with van der Waals surface area (Å²) in [6.07, 6.45) is 2.69. The number of aromatic nitrogens is 4. The van der Waals surface area contributed by atoms with Crippen molar-refractivity contribution >= 4 is 0 Å². The van der Waals surface area contributed by atoms with Crippen LogP contribution in [0.15, 0.2) is 18.3 Å². The van der Waals surface area contributed by atoms with Crippen LogP contribution in [0.1, 0.15) is 43.7 Å². The van der Waals surface area contributed by atoms with Crippen LogP contribution in [0, 0.1) is 0 Å². The highest BCUT2D eigenvalue weighted by Gasteiger charge is 2.27. The van der Waals surface area contributed by atoms with E-state index in [1.165, 1.54) is 5.56 Å². The second kappa shape index (κ2) is 3.39. The van der Waals surface area contributed by atoms with Gasteiger partial charge in [-0.3, -0.25) is 4.98 Å². The predicted molar refractivity (Wildman–Crippen MR) is 64.9 cm³/mol. The molecule has 0 saturated carbocycles. The molecule has 0 saturated heterocycles. The summed E-state index contributed by atoms with van der Waals surface area (Å²) in [5, 5.41) is 8.64. The molecule has 0 unspecified atom stereocenters. The predicted octanol–water partition coefficient (Wildman–Crippen LogP) is 1.92. The van der Waals surface area contributed by atoms with Gasteiger partial charge in [0.15, 0.2) is 0 Å². The van der Waals surface area contributed by atoms with E-state index in [1.54, 1.807) is 0 Å². The van der Waals surface area contributed by atoms with Crippen molar-refractivity contribution in [2.75, 3.05) is 0 Å². The summed E-state index contributed by atoms with van der Waals surface area (Å²) in [6, 6.07) is 4.10. The molecule has 88 valence electrons. The second-order valence-electron chi connectivity index (χ2n) is 5.56. The lowest BCUT2D eigenvalue weighted by atomic mass is 9.95. The first-order valence-electron chi connectivity index (χ1n) is 5.91. The highest BCUT2D eigenvalue weighted by atomic mass is 15.3. The molecule has 1 aliphatic rings. The molecular weight excluding hydrogens is 212 g/mol. The average Bonchev–Trinajstić information content (AvgIpc) is 2.68. The van der Waals surface area contributed by atoms with Crippen LogP contribution < -0.4 is 0 Å². The molecule has 1 aliphatic heterocycles. The van der Waals surface area contributed by atoms with E-state index in [9.17, 15) is 0 Å². The van der Waals surface area contributed by atoms with E-state index < -0.39 is 0 Å². The van der Waals surface area contributed by atoms with Crippen LogP contribution in [-0.4, -0.2) is 19.7 Å². The van der Waals surface area contributed by atoms with Crippen molar-refractivity contribution in [3.8, 4) is 0 Å². The Balaban J connectivity index is 2.09. The Morgan fingerprint density at radius 3 is 2.82 bits per heavy atom. The zero-order valence-corrected chi connectivity index (χ0v) is 10.4. The van der Waals surface area contributed by atoms with Crippen LogP contribution in [-0.2, 0) is 18.4 Å². The van der Waals surface area contributed by atoms with E-state index >= 15 is 0 Å². The highest BCUT2D eigenvalue weighted by molar-refractivity contribution is 5.28. The minimum atomic E-state index is 0.0253. The Kier molecular flexibility index (Phi) is 2.08. The van der Waals surface area contributed by atoms with Crippen molar-refractivity contribution in [1.82, 2.24) is 19.7 Å². The fourth-order valence-corrected chi connectivity index (χ4v) is 2.28. The molecule has 3 heterocycles. The Morgan fingerprint density at radius 2 is 2.06 bits per heavy atom. The Morgan fingerprint density at radius 1 is 1.24 bits per heavy atom. The quantitative estimate of drug-likeness (QED) is 0.590. The van der Waals surface area contributed by atoms with Crippen molar-refractivity contribution in [2.24, 2.45) is 0 Å². The maximum Gasteiger partial charge on any atom is 0.138 e.